The van der Waals surface area contributed by atoms with Crippen LogP contribution in [0.3, 0.4) is 0 Å². The summed E-state index contributed by atoms with van der Waals surface area (Å²) in [6.45, 7) is 8.24. The van der Waals surface area contributed by atoms with Gasteiger partial charge in [0.05, 0.1) is 16.7 Å². The zero-order valence-electron chi connectivity index (χ0n) is 15.7. The van der Waals surface area contributed by atoms with E-state index in [1.54, 1.807) is 24.3 Å². The first-order chi connectivity index (χ1) is 13.5. The van der Waals surface area contributed by atoms with Crippen molar-refractivity contribution in [2.24, 2.45) is 5.92 Å². The Balaban J connectivity index is 1.72. The van der Waals surface area contributed by atoms with Crippen molar-refractivity contribution in [3.8, 4) is 0 Å². The van der Waals surface area contributed by atoms with Crippen LogP contribution in [0.1, 0.15) is 18.9 Å². The second kappa shape index (κ2) is 9.11. The van der Waals surface area contributed by atoms with E-state index in [1.807, 2.05) is 6.07 Å². The number of benzene rings is 1. The Bertz CT molecular complexity index is 1060. The summed E-state index contributed by atoms with van der Waals surface area (Å²) < 4.78 is 1.53. The molecule has 0 bridgehead atoms. The van der Waals surface area contributed by atoms with E-state index < -0.39 is 0 Å². The number of hydrogen-bond acceptors (Lipinski definition) is 7. The molecule has 0 atom stereocenters. The Morgan fingerprint density at radius 2 is 2.14 bits per heavy atom. The normalized spacial score (nSPS) is 11.1. The molecule has 9 heteroatoms. The molecule has 1 aromatic carbocycles. The Labute approximate surface area is 170 Å². The highest BCUT2D eigenvalue weighted by atomic mass is 32.2. The third kappa shape index (κ3) is 4.85. The molecule has 0 aliphatic heterocycles. The zero-order valence-corrected chi connectivity index (χ0v) is 17.3. The van der Waals surface area contributed by atoms with Crippen LogP contribution in [-0.2, 0) is 17.8 Å². The van der Waals surface area contributed by atoms with Crippen LogP contribution in [-0.4, -0.2) is 31.4 Å². The van der Waals surface area contributed by atoms with Crippen LogP contribution >= 0.6 is 23.1 Å². The van der Waals surface area contributed by atoms with Crippen LogP contribution in [0.15, 0.2) is 46.9 Å². The molecule has 0 saturated carbocycles. The maximum absolute atomic E-state index is 12.7. The number of nitrogens with one attached hydrogen (secondary N) is 1. The van der Waals surface area contributed by atoms with Crippen molar-refractivity contribution in [1.82, 2.24) is 19.7 Å². The zero-order chi connectivity index (χ0) is 20.1. The average molecular weight is 416 g/mol. The lowest BCUT2D eigenvalue weighted by atomic mass is 10.1. The summed E-state index contributed by atoms with van der Waals surface area (Å²) >= 11 is 2.59. The van der Waals surface area contributed by atoms with Gasteiger partial charge >= 0.3 is 0 Å². The minimum absolute atomic E-state index is 0.112. The maximum Gasteiger partial charge on any atom is 0.262 e. The Kier molecular flexibility index (Phi) is 6.58. The highest BCUT2D eigenvalue weighted by molar-refractivity contribution is 7.99. The van der Waals surface area contributed by atoms with Gasteiger partial charge in [-0.25, -0.2) is 4.98 Å². The van der Waals surface area contributed by atoms with Crippen LogP contribution in [0.4, 0.5) is 5.13 Å². The smallest absolute Gasteiger partial charge is 0.262 e. The van der Waals surface area contributed by atoms with Gasteiger partial charge in [-0.05, 0) is 18.1 Å². The average Bonchev–Trinajstić information content (AvgIpc) is 3.08. The number of aromatic nitrogens is 4. The molecule has 0 unspecified atom stereocenters. The van der Waals surface area contributed by atoms with Crippen LogP contribution in [0.2, 0.25) is 0 Å². The van der Waals surface area contributed by atoms with E-state index in [2.05, 4.69) is 40.9 Å². The number of carbonyl (C=O) groups is 1. The van der Waals surface area contributed by atoms with Gasteiger partial charge in [0, 0.05) is 13.0 Å². The van der Waals surface area contributed by atoms with E-state index >= 15 is 0 Å². The largest absolute Gasteiger partial charge is 0.300 e. The molecule has 28 heavy (non-hydrogen) atoms. The van der Waals surface area contributed by atoms with Crippen LogP contribution in [0.25, 0.3) is 10.9 Å². The second-order valence-corrected chi connectivity index (χ2v) is 8.56. The molecule has 1 amide bonds. The van der Waals surface area contributed by atoms with Crippen molar-refractivity contribution in [3.05, 3.63) is 52.3 Å². The molecule has 3 rings (SSSR count). The van der Waals surface area contributed by atoms with Crippen LogP contribution < -0.4 is 10.9 Å². The first-order valence-electron chi connectivity index (χ1n) is 8.83. The van der Waals surface area contributed by atoms with E-state index in [0.29, 0.717) is 33.7 Å². The van der Waals surface area contributed by atoms with Gasteiger partial charge in [-0.15, -0.1) is 16.8 Å². The molecule has 2 heterocycles. The second-order valence-electron chi connectivity index (χ2n) is 6.55. The molecule has 2 aromatic heterocycles. The first kappa shape index (κ1) is 20.2. The van der Waals surface area contributed by atoms with Crippen molar-refractivity contribution >= 4 is 45.0 Å². The standard InChI is InChI=1S/C19H21N5O2S2/c1-4-9-24-17(26)13-7-5-6-8-14(13)20-19(24)27-11-15(25)21-18-23-22-16(28-18)10-12(2)3/h4-8,12H,1,9-11H2,2-3H3,(H,21,23,25). The van der Waals surface area contributed by atoms with Crippen molar-refractivity contribution in [1.29, 1.82) is 0 Å². The molecule has 7 nitrogen and oxygen atoms in total. The number of fused-ring (bicyclic) bond motifs is 1. The van der Waals surface area contributed by atoms with E-state index in [1.165, 1.54) is 27.7 Å². The van der Waals surface area contributed by atoms with E-state index in [-0.39, 0.29) is 17.2 Å². The summed E-state index contributed by atoms with van der Waals surface area (Å²) in [7, 11) is 0. The first-order valence-corrected chi connectivity index (χ1v) is 10.6. The molecule has 0 aliphatic rings. The fraction of sp³-hybridized carbons (Fsp3) is 0.316. The summed E-state index contributed by atoms with van der Waals surface area (Å²) in [5.74, 6) is 0.374. The molecule has 0 spiro atoms. The molecule has 146 valence electrons. The summed E-state index contributed by atoms with van der Waals surface area (Å²) in [5, 5.41) is 13.3. The lowest BCUT2D eigenvalue weighted by Crippen LogP contribution is -2.23. The van der Waals surface area contributed by atoms with Gasteiger partial charge in [-0.2, -0.15) is 0 Å². The molecule has 0 saturated heterocycles. The monoisotopic (exact) mass is 415 g/mol. The topological polar surface area (TPSA) is 89.8 Å². The highest BCUT2D eigenvalue weighted by Gasteiger charge is 2.14. The minimum Gasteiger partial charge on any atom is -0.300 e. The van der Waals surface area contributed by atoms with Gasteiger partial charge in [0.2, 0.25) is 11.0 Å². The Hall–Kier alpha value is -2.52. The SMILES string of the molecule is C=CCn1c(SCC(=O)Nc2nnc(CC(C)C)s2)nc2ccccc2c1=O. The molecular formula is C19H21N5O2S2. The number of rotatable bonds is 8. The number of amides is 1. The van der Waals surface area contributed by atoms with Gasteiger partial charge in [0.15, 0.2) is 5.16 Å². The highest BCUT2D eigenvalue weighted by Crippen LogP contribution is 2.21. The number of para-hydroxylation sites is 1. The fourth-order valence-electron chi connectivity index (χ4n) is 2.57. The van der Waals surface area contributed by atoms with E-state index in [0.717, 1.165) is 11.4 Å². The molecule has 3 aromatic rings. The van der Waals surface area contributed by atoms with Gasteiger partial charge in [-0.3, -0.25) is 19.5 Å². The number of allylic oxidation sites excluding steroid dienone is 1. The lowest BCUT2D eigenvalue weighted by Gasteiger charge is -2.11. The van der Waals surface area contributed by atoms with Crippen molar-refractivity contribution in [3.63, 3.8) is 0 Å². The molecule has 0 fully saturated rings. The summed E-state index contributed by atoms with van der Waals surface area (Å²) in [5.41, 5.74) is 0.467. The van der Waals surface area contributed by atoms with E-state index in [4.69, 9.17) is 0 Å². The fourth-order valence-corrected chi connectivity index (χ4v) is 4.35. The third-order valence-electron chi connectivity index (χ3n) is 3.77. The summed E-state index contributed by atoms with van der Waals surface area (Å²) in [4.78, 5) is 29.6. The molecular weight excluding hydrogens is 394 g/mol. The lowest BCUT2D eigenvalue weighted by molar-refractivity contribution is -0.113. The number of hydrogen-bond donors (Lipinski definition) is 1. The van der Waals surface area contributed by atoms with Gasteiger partial charge in [0.25, 0.3) is 5.56 Å². The quantitative estimate of drug-likeness (QED) is 0.345. The predicted octanol–water partition coefficient (Wildman–Crippen LogP) is 3.36. The van der Waals surface area contributed by atoms with Gasteiger partial charge in [0.1, 0.15) is 5.01 Å². The third-order valence-corrected chi connectivity index (χ3v) is 5.60. The minimum atomic E-state index is -0.218. The van der Waals surface area contributed by atoms with Crippen molar-refractivity contribution in [2.45, 2.75) is 32.0 Å². The number of anilines is 1. The Morgan fingerprint density at radius 1 is 1.36 bits per heavy atom. The maximum atomic E-state index is 12.7. The molecule has 1 N–H and O–H groups in total. The predicted molar refractivity (Wildman–Crippen MR) is 114 cm³/mol. The van der Waals surface area contributed by atoms with Gasteiger partial charge in [-0.1, -0.05) is 55.2 Å². The van der Waals surface area contributed by atoms with Crippen molar-refractivity contribution in [2.75, 3.05) is 11.1 Å². The van der Waals surface area contributed by atoms with Crippen molar-refractivity contribution < 1.29 is 4.79 Å². The Morgan fingerprint density at radius 3 is 2.89 bits per heavy atom. The van der Waals surface area contributed by atoms with Crippen LogP contribution in [0.5, 0.6) is 0 Å². The summed E-state index contributed by atoms with van der Waals surface area (Å²) in [6.07, 6.45) is 2.47. The molecule has 0 radical (unpaired) electrons. The summed E-state index contributed by atoms with van der Waals surface area (Å²) in [6, 6.07) is 7.17. The number of thioether (sulfide) groups is 1. The van der Waals surface area contributed by atoms with E-state index in [9.17, 15) is 9.59 Å². The van der Waals surface area contributed by atoms with Gasteiger partial charge < -0.3 is 0 Å². The number of carbonyl (C=O) groups excluding carboxylic acids is 1. The number of nitrogens with zero attached hydrogens (tertiary/aromatic N) is 4. The van der Waals surface area contributed by atoms with Crippen LogP contribution in [0, 0.1) is 5.92 Å². The molecule has 0 aliphatic carbocycles.